The summed E-state index contributed by atoms with van der Waals surface area (Å²) in [5, 5.41) is 3.03. The van der Waals surface area contributed by atoms with E-state index in [2.05, 4.69) is 17.2 Å². The lowest BCUT2D eigenvalue weighted by Crippen LogP contribution is -2.22. The molecule has 0 unspecified atom stereocenters. The largest absolute Gasteiger partial charge is 0.370 e. The van der Waals surface area contributed by atoms with Crippen LogP contribution in [0.15, 0.2) is 58.4 Å². The number of nitrogens with one attached hydrogen (secondary N) is 1. The van der Waals surface area contributed by atoms with Crippen LogP contribution in [-0.4, -0.2) is 20.6 Å². The van der Waals surface area contributed by atoms with E-state index >= 15 is 0 Å². The molecule has 0 heterocycles. The molecular formula is C17H22IN3O2S. The molecule has 3 N–H and O–H groups in total. The second kappa shape index (κ2) is 9.03. The van der Waals surface area contributed by atoms with Crippen molar-refractivity contribution in [1.82, 2.24) is 0 Å². The normalized spacial score (nSPS) is 11.7. The number of nitrogens with two attached hydrogens (primary N) is 1. The quantitative estimate of drug-likeness (QED) is 0.409. The first-order chi connectivity index (χ1) is 10.9. The van der Waals surface area contributed by atoms with E-state index in [0.29, 0.717) is 17.4 Å². The third-order valence-electron chi connectivity index (χ3n) is 3.42. The highest BCUT2D eigenvalue weighted by Gasteiger charge is 2.05. The van der Waals surface area contributed by atoms with E-state index in [0.717, 1.165) is 17.7 Å². The van der Waals surface area contributed by atoms with Crippen molar-refractivity contribution in [2.75, 3.05) is 11.6 Å². The van der Waals surface area contributed by atoms with Crippen LogP contribution in [0.1, 0.15) is 18.1 Å². The van der Waals surface area contributed by atoms with E-state index in [-0.39, 0.29) is 24.0 Å². The first-order valence-corrected chi connectivity index (χ1v) is 9.22. The standard InChI is InChI=1S/C17H21N3O2S.HI/c1-3-13-4-8-15(9-5-13)20-17(18)19-12-14-6-10-16(11-7-14)23(2,21)22;/h4-11H,3,12H2,1-2H3,(H3,18,19,20);1H. The third-order valence-corrected chi connectivity index (χ3v) is 4.55. The molecule has 0 amide bonds. The van der Waals surface area contributed by atoms with Crippen LogP contribution >= 0.6 is 24.0 Å². The summed E-state index contributed by atoms with van der Waals surface area (Å²) in [5.41, 5.74) is 8.90. The summed E-state index contributed by atoms with van der Waals surface area (Å²) in [4.78, 5) is 4.56. The lowest BCUT2D eigenvalue weighted by atomic mass is 10.1. The molecule has 5 nitrogen and oxygen atoms in total. The number of aliphatic imine (C=N–C) groups is 1. The van der Waals surface area contributed by atoms with Gasteiger partial charge in [0.2, 0.25) is 0 Å². The Labute approximate surface area is 160 Å². The molecule has 0 fully saturated rings. The highest BCUT2D eigenvalue weighted by atomic mass is 127. The third kappa shape index (κ3) is 6.12. The fraction of sp³-hybridized carbons (Fsp3) is 0.235. The van der Waals surface area contributed by atoms with Gasteiger partial charge in [0.1, 0.15) is 0 Å². The van der Waals surface area contributed by atoms with Gasteiger partial charge in [-0.1, -0.05) is 31.2 Å². The van der Waals surface area contributed by atoms with Gasteiger partial charge in [0.15, 0.2) is 15.8 Å². The van der Waals surface area contributed by atoms with Gasteiger partial charge >= 0.3 is 0 Å². The number of aryl methyl sites for hydroxylation is 1. The van der Waals surface area contributed by atoms with E-state index in [4.69, 9.17) is 5.73 Å². The number of nitrogens with zero attached hydrogens (tertiary/aromatic N) is 1. The van der Waals surface area contributed by atoms with Crippen molar-refractivity contribution in [2.45, 2.75) is 24.8 Å². The van der Waals surface area contributed by atoms with Crippen molar-refractivity contribution < 1.29 is 8.42 Å². The summed E-state index contributed by atoms with van der Waals surface area (Å²) in [6, 6.07) is 14.6. The van der Waals surface area contributed by atoms with Crippen molar-refractivity contribution in [3.63, 3.8) is 0 Å². The first-order valence-electron chi connectivity index (χ1n) is 7.33. The number of guanidine groups is 1. The lowest BCUT2D eigenvalue weighted by molar-refractivity contribution is 0.602. The van der Waals surface area contributed by atoms with Gasteiger partial charge in [-0.2, -0.15) is 0 Å². The number of halogens is 1. The molecule has 0 aromatic heterocycles. The van der Waals surface area contributed by atoms with E-state index in [1.54, 1.807) is 24.3 Å². The van der Waals surface area contributed by atoms with Gasteiger partial charge < -0.3 is 11.1 Å². The average Bonchev–Trinajstić information content (AvgIpc) is 2.53. The molecule has 130 valence electrons. The van der Waals surface area contributed by atoms with Crippen LogP contribution in [0.2, 0.25) is 0 Å². The summed E-state index contributed by atoms with van der Waals surface area (Å²) in [6.45, 7) is 2.49. The molecule has 0 bridgehead atoms. The molecule has 2 aromatic carbocycles. The van der Waals surface area contributed by atoms with Crippen molar-refractivity contribution >= 4 is 45.5 Å². The smallest absolute Gasteiger partial charge is 0.193 e. The van der Waals surface area contributed by atoms with Gasteiger partial charge in [-0.15, -0.1) is 24.0 Å². The SMILES string of the molecule is CCc1ccc(NC(N)=NCc2ccc(S(C)(=O)=O)cc2)cc1.I. The summed E-state index contributed by atoms with van der Waals surface area (Å²) in [6.07, 6.45) is 2.18. The molecular weight excluding hydrogens is 437 g/mol. The monoisotopic (exact) mass is 459 g/mol. The summed E-state index contributed by atoms with van der Waals surface area (Å²) in [5.74, 6) is 0.321. The topological polar surface area (TPSA) is 84.5 Å². The molecule has 0 aliphatic carbocycles. The molecule has 7 heteroatoms. The Kier molecular flexibility index (Phi) is 7.68. The number of hydrogen-bond acceptors (Lipinski definition) is 3. The zero-order chi connectivity index (χ0) is 16.9. The molecule has 0 saturated heterocycles. The molecule has 0 atom stereocenters. The maximum absolute atomic E-state index is 11.4. The van der Waals surface area contributed by atoms with Gasteiger partial charge in [-0.3, -0.25) is 0 Å². The van der Waals surface area contributed by atoms with Crippen molar-refractivity contribution in [1.29, 1.82) is 0 Å². The first kappa shape index (κ1) is 20.4. The van der Waals surface area contributed by atoms with E-state index in [1.807, 2.05) is 24.3 Å². The molecule has 0 aliphatic heterocycles. The van der Waals surface area contributed by atoms with Gasteiger partial charge in [-0.05, 0) is 41.8 Å². The summed E-state index contributed by atoms with van der Waals surface area (Å²) < 4.78 is 22.8. The molecule has 2 rings (SSSR count). The highest BCUT2D eigenvalue weighted by Crippen LogP contribution is 2.12. The maximum Gasteiger partial charge on any atom is 0.193 e. The zero-order valence-corrected chi connectivity index (χ0v) is 16.8. The molecule has 0 aliphatic rings. The highest BCUT2D eigenvalue weighted by molar-refractivity contribution is 14.0. The van der Waals surface area contributed by atoms with Crippen molar-refractivity contribution in [3.05, 3.63) is 59.7 Å². The number of rotatable bonds is 5. The number of hydrogen-bond donors (Lipinski definition) is 2. The van der Waals surface area contributed by atoms with Crippen LogP contribution in [0.25, 0.3) is 0 Å². The van der Waals surface area contributed by atoms with Crippen LogP contribution in [0, 0.1) is 0 Å². The number of benzene rings is 2. The van der Waals surface area contributed by atoms with E-state index < -0.39 is 9.84 Å². The van der Waals surface area contributed by atoms with Crippen molar-refractivity contribution in [2.24, 2.45) is 10.7 Å². The molecule has 0 saturated carbocycles. The lowest BCUT2D eigenvalue weighted by Gasteiger charge is -2.07. The van der Waals surface area contributed by atoms with Crippen LogP contribution in [-0.2, 0) is 22.8 Å². The molecule has 24 heavy (non-hydrogen) atoms. The zero-order valence-electron chi connectivity index (χ0n) is 13.7. The maximum atomic E-state index is 11.4. The molecule has 0 spiro atoms. The van der Waals surface area contributed by atoms with Crippen LogP contribution in [0.5, 0.6) is 0 Å². The Bertz CT molecular complexity index is 786. The molecule has 2 aromatic rings. The van der Waals surface area contributed by atoms with Gasteiger partial charge in [0, 0.05) is 11.9 Å². The van der Waals surface area contributed by atoms with Crippen LogP contribution in [0.3, 0.4) is 0 Å². The predicted octanol–water partition coefficient (Wildman–Crippen LogP) is 3.20. The minimum Gasteiger partial charge on any atom is -0.370 e. The minimum atomic E-state index is -3.17. The van der Waals surface area contributed by atoms with Crippen molar-refractivity contribution in [3.8, 4) is 0 Å². The van der Waals surface area contributed by atoms with E-state index in [1.165, 1.54) is 11.8 Å². The second-order valence-electron chi connectivity index (χ2n) is 5.29. The van der Waals surface area contributed by atoms with Crippen LogP contribution in [0.4, 0.5) is 5.69 Å². The van der Waals surface area contributed by atoms with Gasteiger partial charge in [0.25, 0.3) is 0 Å². The van der Waals surface area contributed by atoms with Gasteiger partial charge in [-0.25, -0.2) is 13.4 Å². The Hall–Kier alpha value is -1.61. The molecule has 0 radical (unpaired) electrons. The summed E-state index contributed by atoms with van der Waals surface area (Å²) >= 11 is 0. The van der Waals surface area contributed by atoms with E-state index in [9.17, 15) is 8.42 Å². The van der Waals surface area contributed by atoms with Crippen LogP contribution < -0.4 is 11.1 Å². The number of anilines is 1. The Balaban J connectivity index is 0.00000288. The Morgan fingerprint density at radius 3 is 2.08 bits per heavy atom. The second-order valence-corrected chi connectivity index (χ2v) is 7.31. The Morgan fingerprint density at radius 1 is 1.04 bits per heavy atom. The fourth-order valence-electron chi connectivity index (χ4n) is 2.03. The average molecular weight is 459 g/mol. The predicted molar refractivity (Wildman–Crippen MR) is 110 cm³/mol. The van der Waals surface area contributed by atoms with Gasteiger partial charge in [0.05, 0.1) is 11.4 Å². The number of sulfone groups is 1. The summed E-state index contributed by atoms with van der Waals surface area (Å²) in [7, 11) is -3.17. The minimum absolute atomic E-state index is 0. The fourth-order valence-corrected chi connectivity index (χ4v) is 2.66. The Morgan fingerprint density at radius 2 is 1.58 bits per heavy atom.